The standard InChI is InChI=1S/C24H20N4O4/c1-2-15-7-3-4-8-18(15)26-24(30)20-19-9-5-6-14-27(19)22(21(20)25)23(29)16-10-12-17(13-11-16)28(31)32/h3-14H,2,25H2,1H3,(H,26,30). The molecule has 160 valence electrons. The number of nitrogens with two attached hydrogens (primary N) is 1. The number of nitrogen functional groups attached to an aromatic ring is 1. The van der Waals surface area contributed by atoms with E-state index in [1.807, 2.05) is 31.2 Å². The SMILES string of the molecule is CCc1ccccc1NC(=O)c1c(N)c(C(=O)c2ccc([N+](=O)[O-])cc2)n2ccccc12. The van der Waals surface area contributed by atoms with Crippen LogP contribution >= 0.6 is 0 Å². The van der Waals surface area contributed by atoms with Crippen molar-refractivity contribution in [3.8, 4) is 0 Å². The highest BCUT2D eigenvalue weighted by Crippen LogP contribution is 2.30. The number of aromatic nitrogens is 1. The van der Waals surface area contributed by atoms with Gasteiger partial charge in [0.1, 0.15) is 5.69 Å². The summed E-state index contributed by atoms with van der Waals surface area (Å²) in [5, 5.41) is 13.8. The molecule has 0 bridgehead atoms. The number of rotatable bonds is 6. The zero-order valence-corrected chi connectivity index (χ0v) is 17.2. The third-order valence-electron chi connectivity index (χ3n) is 5.31. The Labute approximate surface area is 183 Å². The first-order valence-corrected chi connectivity index (χ1v) is 9.99. The number of nitro benzene ring substituents is 1. The number of amides is 1. The van der Waals surface area contributed by atoms with Crippen molar-refractivity contribution in [2.45, 2.75) is 13.3 Å². The molecule has 0 aliphatic rings. The minimum absolute atomic E-state index is 0.0473. The van der Waals surface area contributed by atoms with Crippen LogP contribution in [-0.2, 0) is 6.42 Å². The van der Waals surface area contributed by atoms with Crippen LogP contribution in [0.3, 0.4) is 0 Å². The summed E-state index contributed by atoms with van der Waals surface area (Å²) < 4.78 is 1.57. The molecule has 0 radical (unpaired) electrons. The molecule has 0 atom stereocenters. The first-order valence-electron chi connectivity index (χ1n) is 9.99. The third kappa shape index (κ3) is 3.58. The van der Waals surface area contributed by atoms with E-state index in [-0.39, 0.29) is 28.2 Å². The van der Waals surface area contributed by atoms with Gasteiger partial charge in [-0.3, -0.25) is 19.7 Å². The highest BCUT2D eigenvalue weighted by Gasteiger charge is 2.26. The lowest BCUT2D eigenvalue weighted by atomic mass is 10.1. The van der Waals surface area contributed by atoms with Crippen LogP contribution in [-0.4, -0.2) is 21.0 Å². The number of nitro groups is 1. The van der Waals surface area contributed by atoms with Crippen LogP contribution in [0.2, 0.25) is 0 Å². The average Bonchev–Trinajstić information content (AvgIpc) is 3.10. The van der Waals surface area contributed by atoms with Gasteiger partial charge >= 0.3 is 0 Å². The molecule has 0 fully saturated rings. The zero-order chi connectivity index (χ0) is 22.8. The molecule has 0 saturated carbocycles. The highest BCUT2D eigenvalue weighted by molar-refractivity contribution is 6.20. The molecular formula is C24H20N4O4. The quantitative estimate of drug-likeness (QED) is 0.267. The Morgan fingerprint density at radius 2 is 1.72 bits per heavy atom. The van der Waals surface area contributed by atoms with Gasteiger partial charge in [-0.15, -0.1) is 0 Å². The van der Waals surface area contributed by atoms with E-state index in [4.69, 9.17) is 5.73 Å². The Morgan fingerprint density at radius 3 is 2.41 bits per heavy atom. The van der Waals surface area contributed by atoms with Gasteiger partial charge in [-0.25, -0.2) is 0 Å². The summed E-state index contributed by atoms with van der Waals surface area (Å²) in [7, 11) is 0. The van der Waals surface area contributed by atoms with Gasteiger partial charge in [0.15, 0.2) is 0 Å². The molecule has 8 heteroatoms. The Morgan fingerprint density at radius 1 is 1.03 bits per heavy atom. The first kappa shape index (κ1) is 20.8. The number of anilines is 2. The van der Waals surface area contributed by atoms with Crippen LogP contribution in [0.15, 0.2) is 72.9 Å². The Balaban J connectivity index is 1.79. The number of ketones is 1. The van der Waals surface area contributed by atoms with E-state index in [0.29, 0.717) is 11.2 Å². The van der Waals surface area contributed by atoms with Crippen LogP contribution in [0, 0.1) is 10.1 Å². The van der Waals surface area contributed by atoms with Gasteiger partial charge in [0, 0.05) is 29.6 Å². The summed E-state index contributed by atoms with van der Waals surface area (Å²) in [6, 6.07) is 17.9. The number of fused-ring (bicyclic) bond motifs is 1. The van der Waals surface area contributed by atoms with Gasteiger partial charge in [0.25, 0.3) is 11.6 Å². The molecule has 4 rings (SSSR count). The van der Waals surface area contributed by atoms with E-state index in [1.54, 1.807) is 28.8 Å². The Hall–Kier alpha value is -4.46. The molecule has 2 heterocycles. The fourth-order valence-electron chi connectivity index (χ4n) is 3.70. The minimum atomic E-state index is -0.536. The summed E-state index contributed by atoms with van der Waals surface area (Å²) in [4.78, 5) is 36.8. The number of nitrogens with zero attached hydrogens (tertiary/aromatic N) is 2. The zero-order valence-electron chi connectivity index (χ0n) is 17.2. The largest absolute Gasteiger partial charge is 0.396 e. The summed E-state index contributed by atoms with van der Waals surface area (Å²) in [6.45, 7) is 1.99. The highest BCUT2D eigenvalue weighted by atomic mass is 16.6. The molecular weight excluding hydrogens is 408 g/mol. The number of benzene rings is 2. The van der Waals surface area contributed by atoms with Gasteiger partial charge in [0.05, 0.1) is 21.7 Å². The number of hydrogen-bond acceptors (Lipinski definition) is 5. The van der Waals surface area contributed by atoms with Crippen LogP contribution in [0.1, 0.15) is 38.9 Å². The maximum absolute atomic E-state index is 13.3. The van der Waals surface area contributed by atoms with Gasteiger partial charge < -0.3 is 15.5 Å². The van der Waals surface area contributed by atoms with E-state index in [1.165, 1.54) is 24.3 Å². The molecule has 3 N–H and O–H groups in total. The predicted octanol–water partition coefficient (Wildman–Crippen LogP) is 4.48. The molecule has 4 aromatic rings. The minimum Gasteiger partial charge on any atom is -0.396 e. The number of hydrogen-bond donors (Lipinski definition) is 2. The Bertz CT molecular complexity index is 1360. The predicted molar refractivity (Wildman–Crippen MR) is 122 cm³/mol. The van der Waals surface area contributed by atoms with E-state index in [0.717, 1.165) is 12.0 Å². The average molecular weight is 428 g/mol. The smallest absolute Gasteiger partial charge is 0.269 e. The van der Waals surface area contributed by atoms with E-state index >= 15 is 0 Å². The van der Waals surface area contributed by atoms with Gasteiger partial charge in [-0.2, -0.15) is 0 Å². The number of non-ortho nitro benzene ring substituents is 1. The van der Waals surface area contributed by atoms with Crippen molar-refractivity contribution < 1.29 is 14.5 Å². The number of carbonyl (C=O) groups is 2. The molecule has 0 spiro atoms. The normalized spacial score (nSPS) is 10.8. The number of nitrogens with one attached hydrogen (secondary N) is 1. The summed E-state index contributed by atoms with van der Waals surface area (Å²) in [6.07, 6.45) is 2.40. The van der Waals surface area contributed by atoms with Crippen LogP contribution in [0.25, 0.3) is 5.52 Å². The number of carbonyl (C=O) groups excluding carboxylic acids is 2. The lowest BCUT2D eigenvalue weighted by Gasteiger charge is -2.10. The molecule has 1 amide bonds. The molecule has 0 aliphatic heterocycles. The second kappa shape index (κ2) is 8.35. The topological polar surface area (TPSA) is 120 Å². The van der Waals surface area contributed by atoms with E-state index in [2.05, 4.69) is 5.32 Å². The maximum Gasteiger partial charge on any atom is 0.269 e. The summed E-state index contributed by atoms with van der Waals surface area (Å²) >= 11 is 0. The van der Waals surface area contributed by atoms with Crippen LogP contribution in [0.5, 0.6) is 0 Å². The van der Waals surface area contributed by atoms with Crippen molar-refractivity contribution in [2.24, 2.45) is 0 Å². The number of aryl methyl sites for hydroxylation is 1. The lowest BCUT2D eigenvalue weighted by Crippen LogP contribution is -2.15. The fourth-order valence-corrected chi connectivity index (χ4v) is 3.70. The summed E-state index contributed by atoms with van der Waals surface area (Å²) in [5.74, 6) is -0.860. The fraction of sp³-hybridized carbons (Fsp3) is 0.0833. The lowest BCUT2D eigenvalue weighted by molar-refractivity contribution is -0.384. The third-order valence-corrected chi connectivity index (χ3v) is 5.31. The van der Waals surface area contributed by atoms with Gasteiger partial charge in [-0.1, -0.05) is 31.2 Å². The van der Waals surface area contributed by atoms with Crippen molar-refractivity contribution in [3.63, 3.8) is 0 Å². The van der Waals surface area contributed by atoms with Crippen molar-refractivity contribution in [1.29, 1.82) is 0 Å². The number of pyridine rings is 1. The molecule has 0 saturated heterocycles. The Kier molecular flexibility index (Phi) is 5.43. The van der Waals surface area contributed by atoms with Crippen LogP contribution in [0.4, 0.5) is 17.1 Å². The van der Waals surface area contributed by atoms with E-state index in [9.17, 15) is 19.7 Å². The molecule has 8 nitrogen and oxygen atoms in total. The van der Waals surface area contributed by atoms with Crippen molar-refractivity contribution in [2.75, 3.05) is 11.1 Å². The molecule has 0 aliphatic carbocycles. The van der Waals surface area contributed by atoms with Gasteiger partial charge in [0.2, 0.25) is 5.78 Å². The second-order valence-electron chi connectivity index (χ2n) is 7.19. The van der Waals surface area contributed by atoms with Gasteiger partial charge in [-0.05, 0) is 42.3 Å². The van der Waals surface area contributed by atoms with Crippen molar-refractivity contribution in [1.82, 2.24) is 4.40 Å². The van der Waals surface area contributed by atoms with Crippen LogP contribution < -0.4 is 11.1 Å². The molecule has 0 unspecified atom stereocenters. The van der Waals surface area contributed by atoms with Crippen molar-refractivity contribution in [3.05, 3.63) is 105 Å². The molecule has 2 aromatic carbocycles. The summed E-state index contributed by atoms with van der Waals surface area (Å²) in [5.41, 5.74) is 8.97. The molecule has 2 aromatic heterocycles. The monoisotopic (exact) mass is 428 g/mol. The van der Waals surface area contributed by atoms with Crippen molar-refractivity contribution >= 4 is 34.3 Å². The van der Waals surface area contributed by atoms with E-state index < -0.39 is 16.6 Å². The maximum atomic E-state index is 13.3. The first-order chi connectivity index (χ1) is 15.4. The second-order valence-corrected chi connectivity index (χ2v) is 7.19. The number of para-hydroxylation sites is 1. The molecule has 32 heavy (non-hydrogen) atoms.